The van der Waals surface area contributed by atoms with E-state index >= 15 is 0 Å². The molecule has 7 heteroatoms. The van der Waals surface area contributed by atoms with Crippen LogP contribution in [0.1, 0.15) is 11.1 Å². The van der Waals surface area contributed by atoms with Crippen molar-refractivity contribution in [2.45, 2.75) is 20.4 Å². The Balaban J connectivity index is 1.57. The van der Waals surface area contributed by atoms with Crippen LogP contribution in [0.15, 0.2) is 53.3 Å². The maximum atomic E-state index is 12.5. The molecule has 7 nitrogen and oxygen atoms in total. The first-order valence-corrected chi connectivity index (χ1v) is 9.35. The molecule has 1 aliphatic heterocycles. The van der Waals surface area contributed by atoms with E-state index in [0.29, 0.717) is 30.4 Å². The van der Waals surface area contributed by atoms with Crippen LogP contribution in [-0.2, 0) is 11.3 Å². The number of nitrogens with zero attached hydrogens (tertiary/aromatic N) is 2. The number of benzene rings is 2. The summed E-state index contributed by atoms with van der Waals surface area (Å²) in [4.78, 5) is 24.8. The van der Waals surface area contributed by atoms with Gasteiger partial charge in [-0.3, -0.25) is 9.59 Å². The largest absolute Gasteiger partial charge is 0.486 e. The molecular weight excluding hydrogens is 370 g/mol. The number of fused-ring (bicyclic) bond motifs is 1. The Morgan fingerprint density at radius 3 is 2.52 bits per heavy atom. The van der Waals surface area contributed by atoms with Crippen molar-refractivity contribution in [3.63, 3.8) is 0 Å². The average Bonchev–Trinajstić information content (AvgIpc) is 2.72. The number of aromatic nitrogens is 2. The van der Waals surface area contributed by atoms with E-state index in [2.05, 4.69) is 10.4 Å². The van der Waals surface area contributed by atoms with Crippen LogP contribution in [0.2, 0.25) is 0 Å². The van der Waals surface area contributed by atoms with E-state index in [9.17, 15) is 9.59 Å². The lowest BCUT2D eigenvalue weighted by Gasteiger charge is -2.18. The van der Waals surface area contributed by atoms with Gasteiger partial charge in [-0.15, -0.1) is 0 Å². The highest BCUT2D eigenvalue weighted by Gasteiger charge is 2.14. The van der Waals surface area contributed by atoms with Crippen molar-refractivity contribution >= 4 is 11.6 Å². The van der Waals surface area contributed by atoms with Gasteiger partial charge >= 0.3 is 0 Å². The number of rotatable bonds is 4. The third-order valence-electron chi connectivity index (χ3n) is 4.74. The molecular formula is C22H21N3O4. The van der Waals surface area contributed by atoms with E-state index in [4.69, 9.17) is 9.47 Å². The van der Waals surface area contributed by atoms with Crippen LogP contribution in [-0.4, -0.2) is 28.9 Å². The van der Waals surface area contributed by atoms with E-state index in [1.165, 1.54) is 6.07 Å². The highest BCUT2D eigenvalue weighted by Crippen LogP contribution is 2.33. The normalized spacial score (nSPS) is 12.5. The van der Waals surface area contributed by atoms with Gasteiger partial charge < -0.3 is 14.8 Å². The number of carbonyl (C=O) groups is 1. The summed E-state index contributed by atoms with van der Waals surface area (Å²) in [6, 6.07) is 14.3. The number of carbonyl (C=O) groups excluding carboxylic acids is 1. The molecule has 0 fully saturated rings. The third kappa shape index (κ3) is 3.99. The lowest BCUT2D eigenvalue weighted by Crippen LogP contribution is -2.29. The minimum absolute atomic E-state index is 0.176. The van der Waals surface area contributed by atoms with Gasteiger partial charge in [-0.05, 0) is 49.2 Å². The summed E-state index contributed by atoms with van der Waals surface area (Å²) in [6.07, 6.45) is 0. The Bertz CT molecular complexity index is 1120. The number of amides is 1. The summed E-state index contributed by atoms with van der Waals surface area (Å²) in [6.45, 7) is 4.68. The Morgan fingerprint density at radius 1 is 1.03 bits per heavy atom. The monoisotopic (exact) mass is 391 g/mol. The van der Waals surface area contributed by atoms with Gasteiger partial charge in [0.25, 0.3) is 5.56 Å². The molecule has 1 aromatic heterocycles. The fourth-order valence-electron chi connectivity index (χ4n) is 3.25. The molecule has 148 valence electrons. The molecule has 0 spiro atoms. The minimum Gasteiger partial charge on any atom is -0.486 e. The van der Waals surface area contributed by atoms with Gasteiger partial charge in [-0.25, -0.2) is 4.68 Å². The molecule has 0 unspecified atom stereocenters. The molecule has 2 aromatic carbocycles. The second-order valence-electron chi connectivity index (χ2n) is 6.89. The molecule has 0 saturated carbocycles. The summed E-state index contributed by atoms with van der Waals surface area (Å²) >= 11 is 0. The molecule has 2 heterocycles. The van der Waals surface area contributed by atoms with Crippen LogP contribution >= 0.6 is 0 Å². The van der Waals surface area contributed by atoms with Gasteiger partial charge in [-0.2, -0.15) is 5.10 Å². The molecule has 1 amide bonds. The molecule has 0 radical (unpaired) electrons. The Hall–Kier alpha value is -3.61. The molecule has 4 rings (SSSR count). The smallest absolute Gasteiger partial charge is 0.267 e. The lowest BCUT2D eigenvalue weighted by atomic mass is 10.1. The van der Waals surface area contributed by atoms with Crippen LogP contribution in [0.3, 0.4) is 0 Å². The molecule has 0 saturated heterocycles. The van der Waals surface area contributed by atoms with Gasteiger partial charge in [0, 0.05) is 17.3 Å². The van der Waals surface area contributed by atoms with Crippen molar-refractivity contribution < 1.29 is 14.3 Å². The number of hydrogen-bond acceptors (Lipinski definition) is 5. The first-order chi connectivity index (χ1) is 14.0. The molecule has 0 aliphatic carbocycles. The number of para-hydroxylation sites is 1. The van der Waals surface area contributed by atoms with Crippen molar-refractivity contribution in [2.24, 2.45) is 0 Å². The van der Waals surface area contributed by atoms with Crippen molar-refractivity contribution in [1.82, 2.24) is 9.78 Å². The summed E-state index contributed by atoms with van der Waals surface area (Å²) in [5, 5.41) is 7.24. The summed E-state index contributed by atoms with van der Waals surface area (Å²) in [5.74, 6) is 1.01. The zero-order chi connectivity index (χ0) is 20.4. The zero-order valence-corrected chi connectivity index (χ0v) is 16.3. The highest BCUT2D eigenvalue weighted by atomic mass is 16.6. The third-order valence-corrected chi connectivity index (χ3v) is 4.74. The lowest BCUT2D eigenvalue weighted by molar-refractivity contribution is -0.117. The second-order valence-corrected chi connectivity index (χ2v) is 6.89. The molecule has 0 atom stereocenters. The first-order valence-electron chi connectivity index (χ1n) is 9.35. The van der Waals surface area contributed by atoms with Gasteiger partial charge in [0.1, 0.15) is 19.8 Å². The maximum Gasteiger partial charge on any atom is 0.267 e. The number of hydrogen-bond donors (Lipinski definition) is 1. The van der Waals surface area contributed by atoms with E-state index in [1.807, 2.05) is 50.2 Å². The minimum atomic E-state index is -0.344. The van der Waals surface area contributed by atoms with Gasteiger partial charge in [0.2, 0.25) is 5.91 Å². The van der Waals surface area contributed by atoms with Crippen LogP contribution < -0.4 is 20.3 Å². The van der Waals surface area contributed by atoms with Crippen LogP contribution in [0.5, 0.6) is 11.5 Å². The predicted octanol–water partition coefficient (Wildman–Crippen LogP) is 2.94. The molecule has 0 bridgehead atoms. The summed E-state index contributed by atoms with van der Waals surface area (Å²) < 4.78 is 12.3. The van der Waals surface area contributed by atoms with Crippen molar-refractivity contribution in [1.29, 1.82) is 0 Å². The number of ether oxygens (including phenoxy) is 2. The van der Waals surface area contributed by atoms with E-state index in [0.717, 1.165) is 27.1 Å². The zero-order valence-electron chi connectivity index (χ0n) is 16.3. The van der Waals surface area contributed by atoms with Crippen molar-refractivity contribution in [2.75, 3.05) is 18.5 Å². The maximum absolute atomic E-state index is 12.5. The standard InChI is InChI=1S/C22H21N3O4/c1-14-4-3-5-15(2)22(14)23-20(26)13-25-21(27)9-7-17(24-25)16-6-8-18-19(12-16)29-11-10-28-18/h3-9,12H,10-11,13H2,1-2H3,(H,23,26). The number of aryl methyl sites for hydroxylation is 2. The number of anilines is 1. The first kappa shape index (κ1) is 18.7. The fraction of sp³-hybridized carbons (Fsp3) is 0.227. The van der Waals surface area contributed by atoms with Crippen LogP contribution in [0, 0.1) is 13.8 Å². The van der Waals surface area contributed by atoms with Crippen LogP contribution in [0.25, 0.3) is 11.3 Å². The van der Waals surface area contributed by atoms with Crippen molar-refractivity contribution in [3.05, 3.63) is 70.0 Å². The van der Waals surface area contributed by atoms with E-state index < -0.39 is 0 Å². The second kappa shape index (κ2) is 7.79. The molecule has 1 N–H and O–H groups in total. The SMILES string of the molecule is Cc1cccc(C)c1NC(=O)Cn1nc(-c2ccc3c(c2)OCCO3)ccc1=O. The summed E-state index contributed by atoms with van der Waals surface area (Å²) in [7, 11) is 0. The molecule has 1 aliphatic rings. The Labute approximate surface area is 167 Å². The van der Waals surface area contributed by atoms with Crippen molar-refractivity contribution in [3.8, 4) is 22.8 Å². The van der Waals surface area contributed by atoms with Gasteiger partial charge in [0.05, 0.1) is 5.69 Å². The summed E-state index contributed by atoms with van der Waals surface area (Å²) in [5.41, 5.74) is 3.68. The fourth-order valence-corrected chi connectivity index (χ4v) is 3.25. The number of nitrogens with one attached hydrogen (secondary N) is 1. The Morgan fingerprint density at radius 2 is 1.76 bits per heavy atom. The molecule has 29 heavy (non-hydrogen) atoms. The molecule has 3 aromatic rings. The van der Waals surface area contributed by atoms with Gasteiger partial charge in [-0.1, -0.05) is 18.2 Å². The highest BCUT2D eigenvalue weighted by molar-refractivity contribution is 5.92. The predicted molar refractivity (Wildman–Crippen MR) is 109 cm³/mol. The topological polar surface area (TPSA) is 82.5 Å². The van der Waals surface area contributed by atoms with E-state index in [1.54, 1.807) is 6.07 Å². The van der Waals surface area contributed by atoms with E-state index in [-0.39, 0.29) is 18.0 Å². The Kier molecular flexibility index (Phi) is 5.03. The average molecular weight is 391 g/mol. The quantitative estimate of drug-likeness (QED) is 0.739. The van der Waals surface area contributed by atoms with Crippen LogP contribution in [0.4, 0.5) is 5.69 Å². The van der Waals surface area contributed by atoms with Gasteiger partial charge in [0.15, 0.2) is 11.5 Å².